The minimum Gasteiger partial charge on any atom is -0.340 e. The molecule has 1 saturated heterocycles. The van der Waals surface area contributed by atoms with Crippen molar-refractivity contribution in [1.82, 2.24) is 0 Å². The van der Waals surface area contributed by atoms with Gasteiger partial charge in [0.1, 0.15) is 6.04 Å². The number of halogens is 1. The van der Waals surface area contributed by atoms with Crippen LogP contribution in [0.2, 0.25) is 0 Å². The van der Waals surface area contributed by atoms with Crippen molar-refractivity contribution < 1.29 is 5.32 Å². The van der Waals surface area contributed by atoms with Gasteiger partial charge in [-0.05, 0) is 25.0 Å². The summed E-state index contributed by atoms with van der Waals surface area (Å²) >= 11 is 3.51. The van der Waals surface area contributed by atoms with Crippen LogP contribution in [0.1, 0.15) is 30.9 Å². The summed E-state index contributed by atoms with van der Waals surface area (Å²) in [6.07, 6.45) is 4.09. The Kier molecular flexibility index (Phi) is 3.01. The maximum Gasteiger partial charge on any atom is 0.112 e. The Morgan fingerprint density at radius 3 is 2.92 bits per heavy atom. The quantitative estimate of drug-likeness (QED) is 0.776. The predicted octanol–water partition coefficient (Wildman–Crippen LogP) is 2.24. The Labute approximate surface area is 87.7 Å². The van der Waals surface area contributed by atoms with Gasteiger partial charge in [-0.3, -0.25) is 0 Å². The third kappa shape index (κ3) is 2.32. The van der Waals surface area contributed by atoms with Crippen molar-refractivity contribution in [2.24, 2.45) is 0 Å². The van der Waals surface area contributed by atoms with Crippen molar-refractivity contribution >= 4 is 15.9 Å². The number of quaternary nitrogens is 1. The highest BCUT2D eigenvalue weighted by Gasteiger charge is 2.17. The molecule has 2 heteroatoms. The van der Waals surface area contributed by atoms with Crippen molar-refractivity contribution in [3.8, 4) is 0 Å². The van der Waals surface area contributed by atoms with E-state index in [1.807, 2.05) is 0 Å². The van der Waals surface area contributed by atoms with Crippen LogP contribution in [-0.4, -0.2) is 6.54 Å². The maximum atomic E-state index is 3.51. The fourth-order valence-corrected chi connectivity index (χ4v) is 2.40. The summed E-state index contributed by atoms with van der Waals surface area (Å²) in [6.45, 7) is 1.29. The van der Waals surface area contributed by atoms with Gasteiger partial charge in [0.25, 0.3) is 0 Å². The molecule has 2 rings (SSSR count). The fourth-order valence-electron chi connectivity index (χ4n) is 1.99. The molecular formula is C11H15BrN+. The molecule has 0 aromatic heterocycles. The smallest absolute Gasteiger partial charge is 0.112 e. The Hall–Kier alpha value is -0.340. The number of hydrogen-bond donors (Lipinski definition) is 1. The Balaban J connectivity index is 2.14. The van der Waals surface area contributed by atoms with E-state index in [2.05, 4.69) is 45.5 Å². The first kappa shape index (κ1) is 9.22. The van der Waals surface area contributed by atoms with E-state index in [1.54, 1.807) is 0 Å². The molecule has 0 aliphatic carbocycles. The lowest BCUT2D eigenvalue weighted by molar-refractivity contribution is -0.704. The first-order valence-electron chi connectivity index (χ1n) is 4.95. The molecule has 1 aliphatic rings. The Bertz CT molecular complexity index is 279. The van der Waals surface area contributed by atoms with Crippen LogP contribution in [0.4, 0.5) is 0 Å². The molecule has 0 saturated carbocycles. The van der Waals surface area contributed by atoms with Gasteiger partial charge >= 0.3 is 0 Å². The zero-order valence-electron chi connectivity index (χ0n) is 7.67. The molecule has 1 aromatic carbocycles. The van der Waals surface area contributed by atoms with Crippen LogP contribution >= 0.6 is 15.9 Å². The number of benzene rings is 1. The van der Waals surface area contributed by atoms with Crippen LogP contribution in [0.5, 0.6) is 0 Å². The van der Waals surface area contributed by atoms with E-state index in [0.29, 0.717) is 6.04 Å². The molecule has 1 heterocycles. The van der Waals surface area contributed by atoms with Crippen molar-refractivity contribution in [1.29, 1.82) is 0 Å². The first-order chi connectivity index (χ1) is 6.36. The van der Waals surface area contributed by atoms with E-state index in [0.717, 1.165) is 0 Å². The molecule has 1 aliphatic heterocycles. The largest absolute Gasteiger partial charge is 0.340 e. The molecule has 0 bridgehead atoms. The molecule has 0 amide bonds. The molecule has 13 heavy (non-hydrogen) atoms. The van der Waals surface area contributed by atoms with Crippen molar-refractivity contribution in [2.45, 2.75) is 25.3 Å². The topological polar surface area (TPSA) is 16.6 Å². The third-order valence-electron chi connectivity index (χ3n) is 2.70. The van der Waals surface area contributed by atoms with Gasteiger partial charge in [-0.15, -0.1) is 0 Å². The Morgan fingerprint density at radius 2 is 2.23 bits per heavy atom. The lowest BCUT2D eigenvalue weighted by atomic mass is 9.98. The molecule has 2 N–H and O–H groups in total. The zero-order valence-corrected chi connectivity index (χ0v) is 9.26. The minimum atomic E-state index is 0.700. The summed E-state index contributed by atoms with van der Waals surface area (Å²) in [5.41, 5.74) is 1.47. The summed E-state index contributed by atoms with van der Waals surface area (Å²) in [7, 11) is 0. The minimum absolute atomic E-state index is 0.700. The second-order valence-corrected chi connectivity index (χ2v) is 4.60. The summed E-state index contributed by atoms with van der Waals surface area (Å²) < 4.78 is 1.20. The van der Waals surface area contributed by atoms with Crippen LogP contribution < -0.4 is 5.32 Å². The van der Waals surface area contributed by atoms with Gasteiger partial charge in [-0.2, -0.15) is 0 Å². The van der Waals surface area contributed by atoms with Crippen LogP contribution in [-0.2, 0) is 0 Å². The summed E-state index contributed by atoms with van der Waals surface area (Å²) in [5, 5.41) is 2.46. The average molecular weight is 241 g/mol. The van der Waals surface area contributed by atoms with Crippen LogP contribution in [0.3, 0.4) is 0 Å². The normalized spacial score (nSPS) is 23.0. The highest BCUT2D eigenvalue weighted by molar-refractivity contribution is 9.10. The monoisotopic (exact) mass is 240 g/mol. The molecule has 1 nitrogen and oxygen atoms in total. The van der Waals surface area contributed by atoms with Gasteiger partial charge < -0.3 is 5.32 Å². The molecule has 1 fully saturated rings. The fraction of sp³-hybridized carbons (Fsp3) is 0.455. The molecule has 1 aromatic rings. The van der Waals surface area contributed by atoms with Crippen LogP contribution in [0, 0.1) is 0 Å². The van der Waals surface area contributed by atoms with Gasteiger partial charge in [0.15, 0.2) is 0 Å². The molecule has 0 unspecified atom stereocenters. The van der Waals surface area contributed by atoms with E-state index in [4.69, 9.17) is 0 Å². The molecule has 0 spiro atoms. The van der Waals surface area contributed by atoms with E-state index in [-0.39, 0.29) is 0 Å². The molecular weight excluding hydrogens is 226 g/mol. The second kappa shape index (κ2) is 4.25. The van der Waals surface area contributed by atoms with Crippen molar-refractivity contribution in [2.75, 3.05) is 6.54 Å². The SMILES string of the molecule is Brc1cccc([C@@H]2CCCC[NH2+]2)c1. The number of rotatable bonds is 1. The number of hydrogen-bond acceptors (Lipinski definition) is 0. The third-order valence-corrected chi connectivity index (χ3v) is 3.19. The van der Waals surface area contributed by atoms with Crippen LogP contribution in [0.15, 0.2) is 28.7 Å². The Morgan fingerprint density at radius 1 is 1.31 bits per heavy atom. The number of nitrogens with two attached hydrogens (primary N) is 1. The highest BCUT2D eigenvalue weighted by atomic mass is 79.9. The number of piperidine rings is 1. The van der Waals surface area contributed by atoms with Gasteiger partial charge in [0, 0.05) is 16.5 Å². The van der Waals surface area contributed by atoms with Crippen molar-refractivity contribution in [3.63, 3.8) is 0 Å². The molecule has 0 radical (unpaired) electrons. The van der Waals surface area contributed by atoms with E-state index in [9.17, 15) is 0 Å². The molecule has 70 valence electrons. The standard InChI is InChI=1S/C11H14BrN/c12-10-5-3-4-9(8-10)11-6-1-2-7-13-11/h3-5,8,11,13H,1-2,6-7H2/p+1/t11-/m0/s1. The first-order valence-corrected chi connectivity index (χ1v) is 5.74. The van der Waals surface area contributed by atoms with E-state index < -0.39 is 0 Å². The maximum absolute atomic E-state index is 3.51. The summed E-state index contributed by atoms with van der Waals surface area (Å²) in [6, 6.07) is 9.39. The average Bonchev–Trinajstić information content (AvgIpc) is 2.19. The van der Waals surface area contributed by atoms with Gasteiger partial charge in [0.05, 0.1) is 6.54 Å². The van der Waals surface area contributed by atoms with Crippen molar-refractivity contribution in [3.05, 3.63) is 34.3 Å². The van der Waals surface area contributed by atoms with Gasteiger partial charge in [-0.1, -0.05) is 28.1 Å². The molecule has 1 atom stereocenters. The predicted molar refractivity (Wildman–Crippen MR) is 57.5 cm³/mol. The highest BCUT2D eigenvalue weighted by Crippen LogP contribution is 2.20. The van der Waals surface area contributed by atoms with Crippen LogP contribution in [0.25, 0.3) is 0 Å². The lowest BCUT2D eigenvalue weighted by Gasteiger charge is -2.20. The zero-order chi connectivity index (χ0) is 9.10. The van der Waals surface area contributed by atoms with Gasteiger partial charge in [-0.25, -0.2) is 0 Å². The van der Waals surface area contributed by atoms with E-state index in [1.165, 1.54) is 35.8 Å². The summed E-state index contributed by atoms with van der Waals surface area (Å²) in [4.78, 5) is 0. The summed E-state index contributed by atoms with van der Waals surface area (Å²) in [5.74, 6) is 0. The second-order valence-electron chi connectivity index (χ2n) is 3.68. The lowest BCUT2D eigenvalue weighted by Crippen LogP contribution is -2.86. The van der Waals surface area contributed by atoms with E-state index >= 15 is 0 Å². The van der Waals surface area contributed by atoms with Gasteiger partial charge in [0.2, 0.25) is 0 Å².